The number of fused-ring (bicyclic) bond motifs is 1. The summed E-state index contributed by atoms with van der Waals surface area (Å²) in [5, 5.41) is 0. The molecule has 1 atom stereocenters. The molecule has 0 N–H and O–H groups in total. The molecule has 1 amide bonds. The van der Waals surface area contributed by atoms with Gasteiger partial charge in [0.25, 0.3) is 0 Å². The van der Waals surface area contributed by atoms with Gasteiger partial charge in [-0.15, -0.1) is 0 Å². The number of hydrogen-bond acceptors (Lipinski definition) is 2. The molecule has 0 spiro atoms. The lowest BCUT2D eigenvalue weighted by atomic mass is 9.97. The second kappa shape index (κ2) is 6.57. The minimum atomic E-state index is 0.177. The van der Waals surface area contributed by atoms with Gasteiger partial charge in [0.1, 0.15) is 5.82 Å². The predicted molar refractivity (Wildman–Crippen MR) is 91.0 cm³/mol. The first-order chi connectivity index (χ1) is 11.1. The lowest BCUT2D eigenvalue weighted by Gasteiger charge is -2.28. The topological polar surface area (TPSA) is 38.1 Å². The third-order valence-electron chi connectivity index (χ3n) is 4.85. The summed E-state index contributed by atoms with van der Waals surface area (Å²) in [6, 6.07) is 8.71. The van der Waals surface area contributed by atoms with E-state index in [1.807, 2.05) is 22.7 Å². The van der Waals surface area contributed by atoms with Gasteiger partial charge in [-0.25, -0.2) is 4.98 Å². The van der Waals surface area contributed by atoms with E-state index < -0.39 is 0 Å². The van der Waals surface area contributed by atoms with Crippen LogP contribution in [0.1, 0.15) is 49.6 Å². The summed E-state index contributed by atoms with van der Waals surface area (Å²) in [5.41, 5.74) is 2.77. The van der Waals surface area contributed by atoms with E-state index in [0.29, 0.717) is 18.9 Å². The Balaban J connectivity index is 1.71. The highest BCUT2D eigenvalue weighted by atomic mass is 16.2. The van der Waals surface area contributed by atoms with Crippen LogP contribution >= 0.6 is 0 Å². The molecule has 3 rings (SSSR count). The zero-order valence-electron chi connectivity index (χ0n) is 14.2. The lowest BCUT2D eigenvalue weighted by molar-refractivity contribution is -0.134. The highest BCUT2D eigenvalue weighted by Gasteiger charge is 2.27. The summed E-state index contributed by atoms with van der Waals surface area (Å²) in [4.78, 5) is 19.2. The molecule has 1 aliphatic rings. The molecule has 2 aromatic rings. The summed E-state index contributed by atoms with van der Waals surface area (Å²) in [7, 11) is 1.97. The van der Waals surface area contributed by atoms with E-state index in [1.54, 1.807) is 6.20 Å². The van der Waals surface area contributed by atoms with E-state index in [4.69, 9.17) is 0 Å². The van der Waals surface area contributed by atoms with Crippen LogP contribution in [0.2, 0.25) is 0 Å². The number of imidazole rings is 1. The molecule has 122 valence electrons. The third-order valence-corrected chi connectivity index (χ3v) is 4.85. The van der Waals surface area contributed by atoms with Crippen molar-refractivity contribution in [1.82, 2.24) is 14.5 Å². The predicted octanol–water partition coefficient (Wildman–Crippen LogP) is 3.28. The zero-order valence-corrected chi connectivity index (χ0v) is 14.2. The van der Waals surface area contributed by atoms with Crippen molar-refractivity contribution in [2.24, 2.45) is 7.05 Å². The Morgan fingerprint density at radius 3 is 2.87 bits per heavy atom. The number of aryl methyl sites for hydroxylation is 2. The molecule has 1 aliphatic carbocycles. The van der Waals surface area contributed by atoms with E-state index in [1.165, 1.54) is 11.1 Å². The fraction of sp³-hybridized carbons (Fsp3) is 0.474. The molecule has 0 saturated heterocycles. The molecule has 1 aromatic carbocycles. The zero-order chi connectivity index (χ0) is 16.4. The molecule has 0 radical (unpaired) electrons. The number of benzene rings is 1. The minimum absolute atomic E-state index is 0.177. The van der Waals surface area contributed by atoms with Gasteiger partial charge in [0, 0.05) is 31.9 Å². The number of amides is 1. The number of rotatable bonds is 5. The monoisotopic (exact) mass is 311 g/mol. The van der Waals surface area contributed by atoms with E-state index >= 15 is 0 Å². The van der Waals surface area contributed by atoms with Crippen LogP contribution in [0.5, 0.6) is 0 Å². The number of nitrogens with zero attached hydrogens (tertiary/aromatic N) is 3. The quantitative estimate of drug-likeness (QED) is 0.850. The number of aromatic nitrogens is 2. The first-order valence-corrected chi connectivity index (χ1v) is 8.39. The van der Waals surface area contributed by atoms with Crippen molar-refractivity contribution in [1.29, 1.82) is 0 Å². The molecule has 23 heavy (non-hydrogen) atoms. The van der Waals surface area contributed by atoms with Gasteiger partial charge in [-0.2, -0.15) is 0 Å². The summed E-state index contributed by atoms with van der Waals surface area (Å²) >= 11 is 0. The second-order valence-corrected chi connectivity index (χ2v) is 6.71. The normalized spacial score (nSPS) is 16.6. The van der Waals surface area contributed by atoms with Crippen molar-refractivity contribution < 1.29 is 4.79 Å². The van der Waals surface area contributed by atoms with Crippen LogP contribution in [0.25, 0.3) is 0 Å². The molecule has 1 aromatic heterocycles. The van der Waals surface area contributed by atoms with Gasteiger partial charge in [-0.05, 0) is 43.7 Å². The van der Waals surface area contributed by atoms with Gasteiger partial charge in [0.2, 0.25) is 5.91 Å². The van der Waals surface area contributed by atoms with Gasteiger partial charge >= 0.3 is 0 Å². The van der Waals surface area contributed by atoms with Crippen molar-refractivity contribution >= 4 is 5.91 Å². The standard InChI is InChI=1S/C19H25N3O/c1-14(2)22(13-18-20-10-11-21(18)3)19(23)12-16-9-8-15-6-4-5-7-17(15)16/h4-7,10-11,14,16H,8-9,12-13H2,1-3H3/t16-/m1/s1. The van der Waals surface area contributed by atoms with Gasteiger partial charge < -0.3 is 9.47 Å². The van der Waals surface area contributed by atoms with Crippen LogP contribution in [0.4, 0.5) is 0 Å². The summed E-state index contributed by atoms with van der Waals surface area (Å²) in [5.74, 6) is 1.52. The third kappa shape index (κ3) is 3.31. The molecule has 0 saturated carbocycles. The van der Waals surface area contributed by atoms with Crippen LogP contribution in [0.15, 0.2) is 36.7 Å². The Hall–Kier alpha value is -2.10. The molecule has 0 aliphatic heterocycles. The average molecular weight is 311 g/mol. The molecular formula is C19H25N3O. The van der Waals surface area contributed by atoms with Crippen LogP contribution < -0.4 is 0 Å². The molecule has 0 fully saturated rings. The van der Waals surface area contributed by atoms with Crippen molar-refractivity contribution in [3.63, 3.8) is 0 Å². The Bertz CT molecular complexity index is 689. The Labute approximate surface area is 138 Å². The fourth-order valence-corrected chi connectivity index (χ4v) is 3.45. The highest BCUT2D eigenvalue weighted by molar-refractivity contribution is 5.77. The van der Waals surface area contributed by atoms with E-state index in [2.05, 4.69) is 43.1 Å². The van der Waals surface area contributed by atoms with Crippen molar-refractivity contribution in [3.8, 4) is 0 Å². The van der Waals surface area contributed by atoms with Crippen LogP contribution in [-0.4, -0.2) is 26.4 Å². The first kappa shape index (κ1) is 15.8. The van der Waals surface area contributed by atoms with Crippen LogP contribution in [0.3, 0.4) is 0 Å². The minimum Gasteiger partial charge on any atom is -0.337 e. The maximum atomic E-state index is 12.9. The first-order valence-electron chi connectivity index (χ1n) is 8.39. The number of hydrogen-bond donors (Lipinski definition) is 0. The summed E-state index contributed by atoms with van der Waals surface area (Å²) in [6.07, 6.45) is 6.48. The van der Waals surface area contributed by atoms with Crippen LogP contribution in [0, 0.1) is 0 Å². The molecular weight excluding hydrogens is 286 g/mol. The largest absolute Gasteiger partial charge is 0.337 e. The smallest absolute Gasteiger partial charge is 0.223 e. The van der Waals surface area contributed by atoms with E-state index in [0.717, 1.165) is 18.7 Å². The SMILES string of the molecule is CC(C)N(Cc1nccn1C)C(=O)C[C@H]1CCc2ccccc21. The Morgan fingerprint density at radius 2 is 2.17 bits per heavy atom. The fourth-order valence-electron chi connectivity index (χ4n) is 3.45. The van der Waals surface area contributed by atoms with Gasteiger partial charge in [0.05, 0.1) is 6.54 Å². The summed E-state index contributed by atoms with van der Waals surface area (Å²) < 4.78 is 1.98. The molecule has 4 heteroatoms. The molecule has 0 bridgehead atoms. The van der Waals surface area contributed by atoms with Crippen molar-refractivity contribution in [3.05, 3.63) is 53.6 Å². The molecule has 4 nitrogen and oxygen atoms in total. The molecule has 1 heterocycles. The number of carbonyl (C=O) groups excluding carboxylic acids is 1. The molecule has 0 unspecified atom stereocenters. The van der Waals surface area contributed by atoms with Gasteiger partial charge in [0.15, 0.2) is 0 Å². The summed E-state index contributed by atoms with van der Waals surface area (Å²) in [6.45, 7) is 4.72. The van der Waals surface area contributed by atoms with E-state index in [9.17, 15) is 4.79 Å². The van der Waals surface area contributed by atoms with E-state index in [-0.39, 0.29) is 11.9 Å². The Kier molecular flexibility index (Phi) is 4.51. The number of carbonyl (C=O) groups is 1. The maximum absolute atomic E-state index is 12.9. The van der Waals surface area contributed by atoms with Crippen molar-refractivity contribution in [2.75, 3.05) is 0 Å². The Morgan fingerprint density at radius 1 is 1.39 bits per heavy atom. The second-order valence-electron chi connectivity index (χ2n) is 6.71. The lowest BCUT2D eigenvalue weighted by Crippen LogP contribution is -2.37. The average Bonchev–Trinajstić information content (AvgIpc) is 3.11. The van der Waals surface area contributed by atoms with Crippen LogP contribution in [-0.2, 0) is 24.8 Å². The highest BCUT2D eigenvalue weighted by Crippen LogP contribution is 2.35. The maximum Gasteiger partial charge on any atom is 0.223 e. The van der Waals surface area contributed by atoms with Crippen molar-refractivity contribution in [2.45, 2.75) is 51.6 Å². The van der Waals surface area contributed by atoms with Gasteiger partial charge in [-0.3, -0.25) is 4.79 Å². The van der Waals surface area contributed by atoms with Gasteiger partial charge in [-0.1, -0.05) is 24.3 Å².